The van der Waals surface area contributed by atoms with Crippen LogP contribution in [0.4, 0.5) is 0 Å². The topological polar surface area (TPSA) is 76.0 Å². The van der Waals surface area contributed by atoms with Crippen LogP contribution in [0.5, 0.6) is 5.75 Å². The summed E-state index contributed by atoms with van der Waals surface area (Å²) in [5, 5.41) is 18.4. The summed E-state index contributed by atoms with van der Waals surface area (Å²) in [6.07, 6.45) is -0.897. The molecule has 0 spiro atoms. The van der Waals surface area contributed by atoms with Crippen molar-refractivity contribution in [3.8, 4) is 5.75 Å². The maximum absolute atomic E-state index is 10.3. The van der Waals surface area contributed by atoms with Crippen LogP contribution in [0.2, 0.25) is 0 Å². The Balaban J connectivity index is 2.72. The van der Waals surface area contributed by atoms with Gasteiger partial charge in [0.2, 0.25) is 0 Å². The van der Waals surface area contributed by atoms with Gasteiger partial charge in [0.05, 0.1) is 13.2 Å². The van der Waals surface area contributed by atoms with Gasteiger partial charge in [0.15, 0.2) is 0 Å². The SMILES string of the molecule is CCOc1ccc(C)cc1C(O)COCC(=O)O. The first-order valence-electron chi connectivity index (χ1n) is 5.75. The van der Waals surface area contributed by atoms with E-state index < -0.39 is 18.7 Å². The van der Waals surface area contributed by atoms with Crippen LogP contribution in [0, 0.1) is 6.92 Å². The van der Waals surface area contributed by atoms with Gasteiger partial charge in [-0.3, -0.25) is 0 Å². The molecule has 0 radical (unpaired) electrons. The Hall–Kier alpha value is -1.59. The quantitative estimate of drug-likeness (QED) is 0.771. The number of aliphatic hydroxyl groups is 1. The zero-order chi connectivity index (χ0) is 13.5. The van der Waals surface area contributed by atoms with Gasteiger partial charge in [-0.1, -0.05) is 11.6 Å². The number of aryl methyl sites for hydroxylation is 1. The van der Waals surface area contributed by atoms with E-state index in [0.29, 0.717) is 17.9 Å². The van der Waals surface area contributed by atoms with Crippen molar-refractivity contribution < 1.29 is 24.5 Å². The second-order valence-electron chi connectivity index (χ2n) is 3.90. The molecular weight excluding hydrogens is 236 g/mol. The molecular formula is C13H18O5. The summed E-state index contributed by atoms with van der Waals surface area (Å²) in [5.41, 5.74) is 1.60. The van der Waals surface area contributed by atoms with Gasteiger partial charge in [0.25, 0.3) is 0 Å². The minimum atomic E-state index is -1.06. The average molecular weight is 254 g/mol. The van der Waals surface area contributed by atoms with Gasteiger partial charge < -0.3 is 19.7 Å². The number of carboxylic acids is 1. The first kappa shape index (κ1) is 14.5. The van der Waals surface area contributed by atoms with Crippen molar-refractivity contribution in [1.82, 2.24) is 0 Å². The third-order valence-electron chi connectivity index (χ3n) is 2.33. The highest BCUT2D eigenvalue weighted by Crippen LogP contribution is 2.26. The van der Waals surface area contributed by atoms with Gasteiger partial charge in [-0.2, -0.15) is 0 Å². The van der Waals surface area contributed by atoms with Gasteiger partial charge >= 0.3 is 5.97 Å². The standard InChI is InChI=1S/C13H18O5/c1-3-18-12-5-4-9(2)6-10(12)11(14)7-17-8-13(15)16/h4-6,11,14H,3,7-8H2,1-2H3,(H,15,16). The zero-order valence-electron chi connectivity index (χ0n) is 10.5. The Bertz CT molecular complexity index is 402. The van der Waals surface area contributed by atoms with E-state index in [1.165, 1.54) is 0 Å². The van der Waals surface area contributed by atoms with Crippen molar-refractivity contribution in [2.75, 3.05) is 19.8 Å². The van der Waals surface area contributed by atoms with Crippen LogP contribution in [0.15, 0.2) is 18.2 Å². The Morgan fingerprint density at radius 1 is 1.44 bits per heavy atom. The van der Waals surface area contributed by atoms with E-state index in [0.717, 1.165) is 5.56 Å². The second kappa shape index (κ2) is 6.98. The van der Waals surface area contributed by atoms with Crippen LogP contribution in [0.3, 0.4) is 0 Å². The molecule has 100 valence electrons. The molecule has 1 rings (SSSR count). The van der Waals surface area contributed by atoms with E-state index in [1.54, 1.807) is 12.1 Å². The molecule has 1 aromatic rings. The van der Waals surface area contributed by atoms with Crippen molar-refractivity contribution in [1.29, 1.82) is 0 Å². The van der Waals surface area contributed by atoms with Crippen LogP contribution in [0.1, 0.15) is 24.2 Å². The predicted octanol–water partition coefficient (Wildman–Crippen LogP) is 1.53. The molecule has 0 saturated carbocycles. The van der Waals surface area contributed by atoms with Crippen molar-refractivity contribution >= 4 is 5.97 Å². The van der Waals surface area contributed by atoms with Crippen LogP contribution in [-0.2, 0) is 9.53 Å². The maximum Gasteiger partial charge on any atom is 0.329 e. The second-order valence-corrected chi connectivity index (χ2v) is 3.90. The lowest BCUT2D eigenvalue weighted by Gasteiger charge is -2.16. The Kier molecular flexibility index (Phi) is 5.61. The normalized spacial score (nSPS) is 12.2. The Morgan fingerprint density at radius 2 is 2.17 bits per heavy atom. The lowest BCUT2D eigenvalue weighted by molar-refractivity contribution is -0.143. The highest BCUT2D eigenvalue weighted by Gasteiger charge is 2.14. The molecule has 1 atom stereocenters. The number of benzene rings is 1. The highest BCUT2D eigenvalue weighted by atomic mass is 16.5. The third-order valence-corrected chi connectivity index (χ3v) is 2.33. The number of ether oxygens (including phenoxy) is 2. The molecule has 0 amide bonds. The smallest absolute Gasteiger partial charge is 0.329 e. The molecule has 1 unspecified atom stereocenters. The number of carbonyl (C=O) groups is 1. The number of aliphatic carboxylic acids is 1. The fourth-order valence-electron chi connectivity index (χ4n) is 1.56. The summed E-state index contributed by atoms with van der Waals surface area (Å²) in [5.74, 6) is -0.467. The van der Waals surface area contributed by atoms with Gasteiger partial charge in [-0.15, -0.1) is 0 Å². The number of aliphatic hydroxyl groups excluding tert-OH is 1. The molecule has 0 bridgehead atoms. The van der Waals surface area contributed by atoms with Gasteiger partial charge in [0, 0.05) is 5.56 Å². The fraction of sp³-hybridized carbons (Fsp3) is 0.462. The van der Waals surface area contributed by atoms with Crippen molar-refractivity contribution in [2.45, 2.75) is 20.0 Å². The first-order chi connectivity index (χ1) is 8.54. The molecule has 0 aromatic heterocycles. The average Bonchev–Trinajstić information content (AvgIpc) is 2.31. The molecule has 18 heavy (non-hydrogen) atoms. The summed E-state index contributed by atoms with van der Waals surface area (Å²) in [7, 11) is 0. The number of carboxylic acid groups (broad SMARTS) is 1. The molecule has 0 fully saturated rings. The molecule has 0 saturated heterocycles. The van der Waals surface area contributed by atoms with E-state index >= 15 is 0 Å². The predicted molar refractivity (Wildman–Crippen MR) is 65.8 cm³/mol. The van der Waals surface area contributed by atoms with Crippen LogP contribution in [-0.4, -0.2) is 36.0 Å². The molecule has 0 aliphatic heterocycles. The largest absolute Gasteiger partial charge is 0.493 e. The summed E-state index contributed by atoms with van der Waals surface area (Å²) < 4.78 is 10.3. The van der Waals surface area contributed by atoms with Crippen molar-refractivity contribution in [3.63, 3.8) is 0 Å². The molecule has 2 N–H and O–H groups in total. The fourth-order valence-corrected chi connectivity index (χ4v) is 1.56. The van der Waals surface area contributed by atoms with E-state index in [1.807, 2.05) is 19.9 Å². The minimum absolute atomic E-state index is 0.0736. The Labute approximate surface area is 106 Å². The summed E-state index contributed by atoms with van der Waals surface area (Å²) in [6, 6.07) is 5.48. The summed E-state index contributed by atoms with van der Waals surface area (Å²) >= 11 is 0. The molecule has 0 aliphatic carbocycles. The highest BCUT2D eigenvalue weighted by molar-refractivity contribution is 5.68. The lowest BCUT2D eigenvalue weighted by atomic mass is 10.1. The summed E-state index contributed by atoms with van der Waals surface area (Å²) in [6.45, 7) is 3.77. The molecule has 5 nitrogen and oxygen atoms in total. The zero-order valence-corrected chi connectivity index (χ0v) is 10.5. The van der Waals surface area contributed by atoms with E-state index in [2.05, 4.69) is 0 Å². The van der Waals surface area contributed by atoms with Gasteiger partial charge in [0.1, 0.15) is 18.5 Å². The van der Waals surface area contributed by atoms with E-state index in [-0.39, 0.29) is 6.61 Å². The van der Waals surface area contributed by atoms with Crippen LogP contribution >= 0.6 is 0 Å². The van der Waals surface area contributed by atoms with E-state index in [9.17, 15) is 9.90 Å². The molecule has 1 aromatic carbocycles. The van der Waals surface area contributed by atoms with Crippen LogP contribution in [0.25, 0.3) is 0 Å². The summed E-state index contributed by atoms with van der Waals surface area (Å²) in [4.78, 5) is 10.3. The molecule has 0 aliphatic rings. The maximum atomic E-state index is 10.3. The third kappa shape index (κ3) is 4.35. The lowest BCUT2D eigenvalue weighted by Crippen LogP contribution is -2.14. The number of hydrogen-bond acceptors (Lipinski definition) is 4. The monoisotopic (exact) mass is 254 g/mol. The molecule has 0 heterocycles. The van der Waals surface area contributed by atoms with Crippen molar-refractivity contribution in [2.24, 2.45) is 0 Å². The van der Waals surface area contributed by atoms with Gasteiger partial charge in [-0.05, 0) is 26.0 Å². The van der Waals surface area contributed by atoms with Crippen molar-refractivity contribution in [3.05, 3.63) is 29.3 Å². The molecule has 5 heteroatoms. The minimum Gasteiger partial charge on any atom is -0.493 e. The Morgan fingerprint density at radius 3 is 2.78 bits per heavy atom. The van der Waals surface area contributed by atoms with Gasteiger partial charge in [-0.25, -0.2) is 4.79 Å². The first-order valence-corrected chi connectivity index (χ1v) is 5.75. The number of rotatable bonds is 7. The van der Waals surface area contributed by atoms with Crippen LogP contribution < -0.4 is 4.74 Å². The van der Waals surface area contributed by atoms with E-state index in [4.69, 9.17) is 14.6 Å². The number of hydrogen-bond donors (Lipinski definition) is 2.